The minimum absolute atomic E-state index is 0.0406. The zero-order valence-electron chi connectivity index (χ0n) is 13.7. The summed E-state index contributed by atoms with van der Waals surface area (Å²) in [4.78, 5) is 41.6. The van der Waals surface area contributed by atoms with Crippen molar-refractivity contribution in [3.8, 4) is 5.75 Å². The molecule has 0 amide bonds. The molecule has 0 atom stereocenters. The van der Waals surface area contributed by atoms with E-state index in [1.54, 1.807) is 0 Å². The first-order chi connectivity index (χ1) is 13.4. The summed E-state index contributed by atoms with van der Waals surface area (Å²) in [7, 11) is -5.06. The third kappa shape index (κ3) is 3.53. The Kier molecular flexibility index (Phi) is 5.03. The highest BCUT2D eigenvalue weighted by atomic mass is 31.2. The largest absolute Gasteiger partial charge is 0.424 e. The Morgan fingerprint density at radius 3 is 2.00 bits per heavy atom. The summed E-state index contributed by atoms with van der Waals surface area (Å²) < 4.78 is 82.7. The molecule has 29 heavy (non-hydrogen) atoms. The summed E-state index contributed by atoms with van der Waals surface area (Å²) in [6.45, 7) is 0. The monoisotopic (exact) mass is 435 g/mol. The van der Waals surface area contributed by atoms with E-state index in [2.05, 4.69) is 4.74 Å². The van der Waals surface area contributed by atoms with Crippen molar-refractivity contribution in [2.45, 2.75) is 0 Å². The molecule has 0 saturated heterocycles. The van der Waals surface area contributed by atoms with Gasteiger partial charge in [0.25, 0.3) is 5.52 Å². The van der Waals surface area contributed by atoms with Gasteiger partial charge in [0, 0.05) is 17.1 Å². The van der Waals surface area contributed by atoms with E-state index in [0.717, 1.165) is 24.4 Å². The van der Waals surface area contributed by atoms with Crippen LogP contribution in [-0.2, 0) is 4.57 Å². The van der Waals surface area contributed by atoms with Crippen molar-refractivity contribution in [2.24, 2.45) is 0 Å². The van der Waals surface area contributed by atoms with Gasteiger partial charge >= 0.3 is 13.7 Å². The van der Waals surface area contributed by atoms with E-state index in [-0.39, 0.29) is 16.5 Å². The molecule has 0 aliphatic carbocycles. The zero-order chi connectivity index (χ0) is 21.7. The average molecular weight is 435 g/mol. The molecular formula is C16H7F5NO6P. The number of carbonyl (C=O) groups excluding carboxylic acids is 2. The van der Waals surface area contributed by atoms with Crippen molar-refractivity contribution in [2.75, 3.05) is 0 Å². The molecule has 152 valence electrons. The molecule has 0 spiro atoms. The van der Waals surface area contributed by atoms with E-state index in [1.807, 2.05) is 0 Å². The molecule has 0 aliphatic heterocycles. The van der Waals surface area contributed by atoms with Gasteiger partial charge in [-0.05, 0) is 24.3 Å². The number of rotatable bonds is 3. The molecule has 2 aromatic carbocycles. The van der Waals surface area contributed by atoms with Gasteiger partial charge in [-0.15, -0.1) is 0 Å². The fourth-order valence-corrected chi connectivity index (χ4v) is 2.89. The first-order valence-electron chi connectivity index (χ1n) is 7.38. The van der Waals surface area contributed by atoms with E-state index in [0.29, 0.717) is 4.57 Å². The third-order valence-corrected chi connectivity index (χ3v) is 4.54. The molecule has 0 radical (unpaired) electrons. The Hall–Kier alpha value is -3.08. The summed E-state index contributed by atoms with van der Waals surface area (Å²) in [6, 6.07) is 4.24. The molecule has 0 fully saturated rings. The Morgan fingerprint density at radius 2 is 1.45 bits per heavy atom. The van der Waals surface area contributed by atoms with Crippen LogP contribution in [0.5, 0.6) is 5.75 Å². The third-order valence-electron chi connectivity index (χ3n) is 3.76. The lowest BCUT2D eigenvalue weighted by molar-refractivity contribution is 0.104. The summed E-state index contributed by atoms with van der Waals surface area (Å²) in [5.74, 6) is -13.5. The SMILES string of the molecule is O=C(Oc1c(F)c(F)c(F)c(F)c1F)n1ccc2cc(C(=O)P(=O)(O)O)ccc21. The molecule has 7 nitrogen and oxygen atoms in total. The minimum Gasteiger partial charge on any atom is -0.403 e. The summed E-state index contributed by atoms with van der Waals surface area (Å²) >= 11 is 0. The van der Waals surface area contributed by atoms with Crippen LogP contribution in [0.2, 0.25) is 0 Å². The molecule has 1 heterocycles. The van der Waals surface area contributed by atoms with Gasteiger partial charge in [-0.2, -0.15) is 8.78 Å². The second-order valence-corrected chi connectivity index (χ2v) is 7.07. The van der Waals surface area contributed by atoms with Crippen LogP contribution in [-0.4, -0.2) is 26.0 Å². The van der Waals surface area contributed by atoms with Gasteiger partial charge in [0.1, 0.15) is 0 Å². The maximum absolute atomic E-state index is 13.7. The molecule has 1 aromatic heterocycles. The number of hydrogen-bond donors (Lipinski definition) is 2. The van der Waals surface area contributed by atoms with Gasteiger partial charge in [0.15, 0.2) is 0 Å². The van der Waals surface area contributed by atoms with Crippen LogP contribution in [0.15, 0.2) is 30.5 Å². The summed E-state index contributed by atoms with van der Waals surface area (Å²) in [5.41, 5.74) is -1.89. The molecule has 13 heteroatoms. The molecule has 0 unspecified atom stereocenters. The number of benzene rings is 2. The second-order valence-electron chi connectivity index (χ2n) is 5.58. The highest BCUT2D eigenvalue weighted by molar-refractivity contribution is 7.70. The van der Waals surface area contributed by atoms with Crippen LogP contribution >= 0.6 is 7.60 Å². The number of hydrogen-bond acceptors (Lipinski definition) is 4. The van der Waals surface area contributed by atoms with Crippen LogP contribution in [0, 0.1) is 29.1 Å². The maximum Gasteiger partial charge on any atom is 0.424 e. The molecule has 0 bridgehead atoms. The molecule has 3 rings (SSSR count). The van der Waals surface area contributed by atoms with E-state index in [4.69, 9.17) is 9.79 Å². The van der Waals surface area contributed by atoms with Crippen molar-refractivity contribution in [1.29, 1.82) is 0 Å². The predicted molar refractivity (Wildman–Crippen MR) is 86.0 cm³/mol. The fourth-order valence-electron chi connectivity index (χ4n) is 2.41. The van der Waals surface area contributed by atoms with Crippen molar-refractivity contribution in [3.63, 3.8) is 0 Å². The number of aromatic nitrogens is 1. The molecule has 0 saturated carbocycles. The highest BCUT2D eigenvalue weighted by Crippen LogP contribution is 2.39. The predicted octanol–water partition coefficient (Wildman–Crippen LogP) is 3.70. The van der Waals surface area contributed by atoms with Crippen LogP contribution < -0.4 is 4.74 Å². The standard InChI is InChI=1S/C16H7F5NO6P/c17-9-10(18)12(20)14(13(21)11(9)19)28-16(24)22-4-3-6-5-7(1-2-8(6)22)15(23)29(25,26)27/h1-5H,(H2,25,26,27). The van der Waals surface area contributed by atoms with Gasteiger partial charge in [-0.1, -0.05) is 0 Å². The summed E-state index contributed by atoms with van der Waals surface area (Å²) in [6.07, 6.45) is -0.553. The maximum atomic E-state index is 13.7. The Bertz CT molecular complexity index is 1210. The molecule has 3 aromatic rings. The molecule has 2 N–H and O–H groups in total. The van der Waals surface area contributed by atoms with Gasteiger partial charge in [-0.25, -0.2) is 18.0 Å². The number of halogens is 5. The van der Waals surface area contributed by atoms with Gasteiger partial charge in [0.2, 0.25) is 34.8 Å². The Morgan fingerprint density at radius 1 is 0.897 bits per heavy atom. The molecular weight excluding hydrogens is 428 g/mol. The quantitative estimate of drug-likeness (QED) is 0.281. The first-order valence-corrected chi connectivity index (χ1v) is 9.00. The van der Waals surface area contributed by atoms with E-state index < -0.39 is 54.0 Å². The van der Waals surface area contributed by atoms with Crippen LogP contribution in [0.1, 0.15) is 10.4 Å². The smallest absolute Gasteiger partial charge is 0.403 e. The van der Waals surface area contributed by atoms with Gasteiger partial charge in [0.05, 0.1) is 5.52 Å². The van der Waals surface area contributed by atoms with Crippen LogP contribution in [0.25, 0.3) is 10.9 Å². The Balaban J connectivity index is 2.00. The topological polar surface area (TPSA) is 106 Å². The second kappa shape index (κ2) is 7.07. The van der Waals surface area contributed by atoms with Crippen molar-refractivity contribution < 1.29 is 50.6 Å². The van der Waals surface area contributed by atoms with Crippen LogP contribution in [0.4, 0.5) is 26.7 Å². The lowest BCUT2D eigenvalue weighted by Gasteiger charge is -2.10. The first kappa shape index (κ1) is 20.6. The Labute approximate surface area is 157 Å². The number of carbonyl (C=O) groups is 2. The molecule has 0 aliphatic rings. The van der Waals surface area contributed by atoms with Crippen molar-refractivity contribution in [1.82, 2.24) is 4.57 Å². The van der Waals surface area contributed by atoms with Gasteiger partial charge in [-0.3, -0.25) is 13.9 Å². The normalized spacial score (nSPS) is 11.7. The number of fused-ring (bicyclic) bond motifs is 1. The fraction of sp³-hybridized carbons (Fsp3) is 0. The van der Waals surface area contributed by atoms with E-state index in [9.17, 15) is 36.1 Å². The minimum atomic E-state index is -5.06. The van der Waals surface area contributed by atoms with Crippen LogP contribution in [0.3, 0.4) is 0 Å². The number of nitrogens with zero attached hydrogens (tertiary/aromatic N) is 1. The summed E-state index contributed by atoms with van der Waals surface area (Å²) in [5, 5.41) is 0.0960. The zero-order valence-corrected chi connectivity index (χ0v) is 14.6. The van der Waals surface area contributed by atoms with E-state index in [1.165, 1.54) is 6.07 Å². The van der Waals surface area contributed by atoms with Crippen molar-refractivity contribution >= 4 is 30.1 Å². The van der Waals surface area contributed by atoms with E-state index >= 15 is 0 Å². The van der Waals surface area contributed by atoms with Crippen molar-refractivity contribution in [3.05, 3.63) is 65.1 Å². The average Bonchev–Trinajstić information content (AvgIpc) is 3.10. The highest BCUT2D eigenvalue weighted by Gasteiger charge is 2.30. The lowest BCUT2D eigenvalue weighted by Crippen LogP contribution is -2.18. The van der Waals surface area contributed by atoms with Gasteiger partial charge < -0.3 is 14.5 Å². The number of ether oxygens (including phenoxy) is 1. The lowest BCUT2D eigenvalue weighted by atomic mass is 10.2.